The summed E-state index contributed by atoms with van der Waals surface area (Å²) in [5.41, 5.74) is 0.589. The highest BCUT2D eigenvalue weighted by molar-refractivity contribution is 8.00. The fraction of sp³-hybridized carbons (Fsp3) is 0.235. The number of amides is 1. The van der Waals surface area contributed by atoms with E-state index in [1.165, 1.54) is 18.2 Å². The second-order valence-electron chi connectivity index (χ2n) is 5.27. The first-order valence-electron chi connectivity index (χ1n) is 7.37. The van der Waals surface area contributed by atoms with Crippen LogP contribution in [0.15, 0.2) is 47.4 Å². The maximum Gasteiger partial charge on any atom is 0.573 e. The minimum absolute atomic E-state index is 0.0231. The number of carbonyl (C=O) groups is 1. The lowest BCUT2D eigenvalue weighted by molar-refractivity contribution is -0.274. The van der Waals surface area contributed by atoms with Crippen LogP contribution in [0.25, 0.3) is 0 Å². The van der Waals surface area contributed by atoms with Crippen molar-refractivity contribution in [2.24, 2.45) is 0 Å². The van der Waals surface area contributed by atoms with Gasteiger partial charge in [-0.25, -0.2) is 8.78 Å². The van der Waals surface area contributed by atoms with Crippen LogP contribution < -0.4 is 10.1 Å². The van der Waals surface area contributed by atoms with Gasteiger partial charge in [-0.3, -0.25) is 4.79 Å². The number of nitrogens with one attached hydrogen (secondary N) is 1. The van der Waals surface area contributed by atoms with Gasteiger partial charge in [-0.1, -0.05) is 12.1 Å². The van der Waals surface area contributed by atoms with E-state index in [4.69, 9.17) is 0 Å². The lowest BCUT2D eigenvalue weighted by Gasteiger charge is -2.15. The average molecular weight is 391 g/mol. The molecule has 0 aliphatic rings. The fourth-order valence-corrected chi connectivity index (χ4v) is 2.77. The molecule has 3 nitrogen and oxygen atoms in total. The Hall–Kier alpha value is -2.29. The maximum atomic E-state index is 13.1. The smallest absolute Gasteiger partial charge is 0.406 e. The van der Waals surface area contributed by atoms with Crippen molar-refractivity contribution in [3.63, 3.8) is 0 Å². The molecule has 140 valence electrons. The molecule has 0 aliphatic carbocycles. The van der Waals surface area contributed by atoms with E-state index < -0.39 is 24.0 Å². The Bertz CT molecular complexity index is 765. The number of alkyl halides is 3. The van der Waals surface area contributed by atoms with Gasteiger partial charge in [0.15, 0.2) is 11.6 Å². The molecule has 0 heterocycles. The molecule has 9 heteroatoms. The highest BCUT2D eigenvalue weighted by Crippen LogP contribution is 2.25. The van der Waals surface area contributed by atoms with Crippen molar-refractivity contribution < 1.29 is 31.5 Å². The lowest BCUT2D eigenvalue weighted by Crippen LogP contribution is -2.28. The van der Waals surface area contributed by atoms with Gasteiger partial charge in [-0.15, -0.1) is 24.9 Å². The Morgan fingerprint density at radius 1 is 1.12 bits per heavy atom. The zero-order chi connectivity index (χ0) is 19.3. The quantitative estimate of drug-likeness (QED) is 0.566. The summed E-state index contributed by atoms with van der Waals surface area (Å²) >= 11 is 1.03. The normalized spacial score (nSPS) is 12.5. The molecule has 0 radical (unpaired) electrons. The number of benzene rings is 2. The van der Waals surface area contributed by atoms with Gasteiger partial charge in [0.05, 0.1) is 11.8 Å². The van der Waals surface area contributed by atoms with Gasteiger partial charge in [0.25, 0.3) is 0 Å². The summed E-state index contributed by atoms with van der Waals surface area (Å²) in [6.45, 7) is 1.67. The lowest BCUT2D eigenvalue weighted by atomic mass is 10.1. The second kappa shape index (κ2) is 8.39. The topological polar surface area (TPSA) is 38.3 Å². The third-order valence-corrected chi connectivity index (χ3v) is 4.25. The summed E-state index contributed by atoms with van der Waals surface area (Å²) in [5, 5.41) is 2.67. The first-order chi connectivity index (χ1) is 12.1. The molecule has 1 unspecified atom stereocenters. The standard InChI is InChI=1S/C17H14F5NO2S/c1-10(11-2-4-12(5-3-11)25-17(20,21)22)23-16(24)9-26-13-6-7-14(18)15(19)8-13/h2-8,10H,9H2,1H3,(H,23,24). The fourth-order valence-electron chi connectivity index (χ4n) is 2.04. The van der Waals surface area contributed by atoms with Crippen LogP contribution >= 0.6 is 11.8 Å². The molecule has 2 aromatic rings. The van der Waals surface area contributed by atoms with Gasteiger partial charge >= 0.3 is 6.36 Å². The van der Waals surface area contributed by atoms with Crippen LogP contribution in [0, 0.1) is 11.6 Å². The molecule has 26 heavy (non-hydrogen) atoms. The largest absolute Gasteiger partial charge is 0.573 e. The van der Waals surface area contributed by atoms with E-state index in [2.05, 4.69) is 10.1 Å². The highest BCUT2D eigenvalue weighted by Gasteiger charge is 2.31. The summed E-state index contributed by atoms with van der Waals surface area (Å²) in [5.74, 6) is -2.70. The van der Waals surface area contributed by atoms with Crippen LogP contribution in [0.4, 0.5) is 22.0 Å². The first kappa shape index (κ1) is 20.0. The Balaban J connectivity index is 1.87. The van der Waals surface area contributed by atoms with Crippen LogP contribution in [0.5, 0.6) is 5.75 Å². The molecule has 1 atom stereocenters. The van der Waals surface area contributed by atoms with Crippen LogP contribution in [0.3, 0.4) is 0 Å². The molecule has 0 spiro atoms. The van der Waals surface area contributed by atoms with Gasteiger partial charge in [0, 0.05) is 4.90 Å². The molecule has 0 fully saturated rings. The van der Waals surface area contributed by atoms with E-state index in [-0.39, 0.29) is 17.4 Å². The average Bonchev–Trinajstić information content (AvgIpc) is 2.55. The van der Waals surface area contributed by atoms with Crippen LogP contribution in [-0.2, 0) is 4.79 Å². The predicted molar refractivity (Wildman–Crippen MR) is 86.8 cm³/mol. The Kier molecular flexibility index (Phi) is 6.47. The van der Waals surface area contributed by atoms with Crippen molar-refractivity contribution in [1.82, 2.24) is 5.32 Å². The monoisotopic (exact) mass is 391 g/mol. The van der Waals surface area contributed by atoms with Crippen molar-refractivity contribution in [2.75, 3.05) is 5.75 Å². The zero-order valence-corrected chi connectivity index (χ0v) is 14.3. The Morgan fingerprint density at radius 2 is 1.77 bits per heavy atom. The SMILES string of the molecule is CC(NC(=O)CSc1ccc(F)c(F)c1)c1ccc(OC(F)(F)F)cc1. The molecule has 0 aliphatic heterocycles. The highest BCUT2D eigenvalue weighted by atomic mass is 32.2. The third kappa shape index (κ3) is 6.21. The number of hydrogen-bond donors (Lipinski definition) is 1. The second-order valence-corrected chi connectivity index (χ2v) is 6.32. The number of halogens is 5. The molecule has 0 bridgehead atoms. The summed E-state index contributed by atoms with van der Waals surface area (Å²) in [7, 11) is 0. The van der Waals surface area contributed by atoms with Crippen LogP contribution in [0.2, 0.25) is 0 Å². The molecular formula is C17H14F5NO2S. The van der Waals surface area contributed by atoms with Crippen molar-refractivity contribution in [2.45, 2.75) is 24.2 Å². The van der Waals surface area contributed by atoms with E-state index >= 15 is 0 Å². The summed E-state index contributed by atoms with van der Waals surface area (Å²) in [6, 6.07) is 8.01. The Labute approximate surface area is 150 Å². The summed E-state index contributed by atoms with van der Waals surface area (Å²) < 4.78 is 66.1. The minimum Gasteiger partial charge on any atom is -0.406 e. The van der Waals surface area contributed by atoms with Gasteiger partial charge < -0.3 is 10.1 Å². The van der Waals surface area contributed by atoms with Gasteiger partial charge in [-0.2, -0.15) is 0 Å². The molecule has 0 aromatic heterocycles. The third-order valence-electron chi connectivity index (χ3n) is 3.25. The van der Waals surface area contributed by atoms with Crippen LogP contribution in [0.1, 0.15) is 18.5 Å². The molecule has 0 saturated heterocycles. The Morgan fingerprint density at radius 3 is 2.35 bits per heavy atom. The number of hydrogen-bond acceptors (Lipinski definition) is 3. The van der Waals surface area contributed by atoms with E-state index in [0.717, 1.165) is 36.0 Å². The number of thioether (sulfide) groups is 1. The molecule has 1 N–H and O–H groups in total. The molecule has 2 aromatic carbocycles. The first-order valence-corrected chi connectivity index (χ1v) is 8.35. The zero-order valence-electron chi connectivity index (χ0n) is 13.4. The number of rotatable bonds is 6. The van der Waals surface area contributed by atoms with Gasteiger partial charge in [0.2, 0.25) is 5.91 Å². The van der Waals surface area contributed by atoms with Crippen molar-refractivity contribution >= 4 is 17.7 Å². The summed E-state index contributed by atoms with van der Waals surface area (Å²) in [4.78, 5) is 12.3. The van der Waals surface area contributed by atoms with Crippen molar-refractivity contribution in [3.8, 4) is 5.75 Å². The van der Waals surface area contributed by atoms with Gasteiger partial charge in [0.1, 0.15) is 5.75 Å². The van der Waals surface area contributed by atoms with E-state index in [0.29, 0.717) is 10.5 Å². The molecule has 2 rings (SSSR count). The van der Waals surface area contributed by atoms with Crippen molar-refractivity contribution in [3.05, 3.63) is 59.7 Å². The van der Waals surface area contributed by atoms with Crippen molar-refractivity contribution in [1.29, 1.82) is 0 Å². The number of carbonyl (C=O) groups excluding carboxylic acids is 1. The minimum atomic E-state index is -4.77. The molecular weight excluding hydrogens is 377 g/mol. The number of ether oxygens (including phenoxy) is 1. The van der Waals surface area contributed by atoms with Crippen LogP contribution in [-0.4, -0.2) is 18.0 Å². The predicted octanol–water partition coefficient (Wildman–Crippen LogP) is 4.83. The molecule has 1 amide bonds. The molecule has 0 saturated carbocycles. The summed E-state index contributed by atoms with van der Waals surface area (Å²) in [6.07, 6.45) is -4.77. The van der Waals surface area contributed by atoms with E-state index in [1.54, 1.807) is 6.92 Å². The van der Waals surface area contributed by atoms with E-state index in [1.807, 2.05) is 0 Å². The maximum absolute atomic E-state index is 13.1. The van der Waals surface area contributed by atoms with E-state index in [9.17, 15) is 26.7 Å². The van der Waals surface area contributed by atoms with Gasteiger partial charge in [-0.05, 0) is 42.8 Å².